The molecule has 0 aliphatic carbocycles. The van der Waals surface area contributed by atoms with Crippen molar-refractivity contribution in [2.24, 2.45) is 0 Å². The minimum Gasteiger partial charge on any atom is -0.508 e. The van der Waals surface area contributed by atoms with Crippen LogP contribution in [0.5, 0.6) is 5.75 Å². The van der Waals surface area contributed by atoms with Crippen LogP contribution in [-0.4, -0.2) is 20.1 Å². The minimum atomic E-state index is -3.86. The van der Waals surface area contributed by atoms with Crippen LogP contribution in [0, 0.1) is 5.82 Å². The highest BCUT2D eigenvalue weighted by atomic mass is 79.9. The zero-order valence-corrected chi connectivity index (χ0v) is 13.5. The van der Waals surface area contributed by atoms with E-state index < -0.39 is 15.8 Å². The average Bonchev–Trinajstić information content (AvgIpc) is 2.38. The number of phenolic OH excluding ortho intramolecular Hbond substituents is 1. The number of hydrogen-bond donors (Lipinski definition) is 1. The number of aromatic hydroxyl groups is 1. The van der Waals surface area contributed by atoms with Crippen molar-refractivity contribution in [2.75, 3.05) is 10.8 Å². The lowest BCUT2D eigenvalue weighted by Crippen LogP contribution is -2.31. The number of nitrogens with zero attached hydrogens (tertiary/aromatic N) is 1. The van der Waals surface area contributed by atoms with E-state index in [1.807, 2.05) is 0 Å². The third-order valence-corrected chi connectivity index (χ3v) is 5.75. The van der Waals surface area contributed by atoms with Gasteiger partial charge in [-0.1, -0.05) is 6.07 Å². The Labute approximate surface area is 131 Å². The van der Waals surface area contributed by atoms with Crippen LogP contribution in [-0.2, 0) is 10.0 Å². The SMILES string of the molecule is CCN(c1cccc(O)c1)S(=O)(=O)c1ccc(F)cc1Br. The van der Waals surface area contributed by atoms with E-state index in [4.69, 9.17) is 0 Å². The van der Waals surface area contributed by atoms with E-state index >= 15 is 0 Å². The van der Waals surface area contributed by atoms with Crippen molar-refractivity contribution in [3.63, 3.8) is 0 Å². The lowest BCUT2D eigenvalue weighted by atomic mass is 10.3. The van der Waals surface area contributed by atoms with Crippen LogP contribution in [0.15, 0.2) is 51.8 Å². The zero-order valence-electron chi connectivity index (χ0n) is 11.1. The summed E-state index contributed by atoms with van der Waals surface area (Å²) < 4.78 is 39.8. The second-order valence-electron chi connectivity index (χ2n) is 4.26. The summed E-state index contributed by atoms with van der Waals surface area (Å²) in [5, 5.41) is 9.50. The van der Waals surface area contributed by atoms with E-state index in [1.54, 1.807) is 19.1 Å². The maximum atomic E-state index is 13.1. The van der Waals surface area contributed by atoms with Crippen molar-refractivity contribution in [2.45, 2.75) is 11.8 Å². The molecular weight excluding hydrogens is 361 g/mol. The first-order valence-corrected chi connectivity index (χ1v) is 8.36. The summed E-state index contributed by atoms with van der Waals surface area (Å²) in [6.07, 6.45) is 0. The summed E-state index contributed by atoms with van der Waals surface area (Å²) in [6.45, 7) is 1.86. The maximum absolute atomic E-state index is 13.1. The Kier molecular flexibility index (Phi) is 4.53. The molecule has 1 N–H and O–H groups in total. The lowest BCUT2D eigenvalue weighted by molar-refractivity contribution is 0.475. The zero-order chi connectivity index (χ0) is 15.6. The van der Waals surface area contributed by atoms with Gasteiger partial charge in [-0.25, -0.2) is 12.8 Å². The first-order valence-electron chi connectivity index (χ1n) is 6.13. The number of halogens is 2. The van der Waals surface area contributed by atoms with E-state index in [-0.39, 0.29) is 21.7 Å². The first kappa shape index (κ1) is 15.8. The van der Waals surface area contributed by atoms with E-state index in [0.29, 0.717) is 5.69 Å². The van der Waals surface area contributed by atoms with Gasteiger partial charge in [0.2, 0.25) is 0 Å². The molecule has 0 atom stereocenters. The molecular formula is C14H13BrFNO3S. The Morgan fingerprint density at radius 1 is 1.24 bits per heavy atom. The Hall–Kier alpha value is -1.60. The standard InChI is InChI=1S/C14H13BrFNO3S/c1-2-17(11-4-3-5-12(18)9-11)21(19,20)14-7-6-10(16)8-13(14)15/h3-9,18H,2H2,1H3. The van der Waals surface area contributed by atoms with E-state index in [9.17, 15) is 17.9 Å². The van der Waals surface area contributed by atoms with Crippen LogP contribution >= 0.6 is 15.9 Å². The lowest BCUT2D eigenvalue weighted by Gasteiger charge is -2.23. The predicted octanol–water partition coefficient (Wildman–Crippen LogP) is 3.51. The van der Waals surface area contributed by atoms with Gasteiger partial charge in [-0.2, -0.15) is 0 Å². The molecule has 0 unspecified atom stereocenters. The summed E-state index contributed by atoms with van der Waals surface area (Å²) in [5.74, 6) is -0.555. The Bertz CT molecular complexity index is 765. The van der Waals surface area contributed by atoms with Gasteiger partial charge in [0.05, 0.1) is 5.69 Å². The summed E-state index contributed by atoms with van der Waals surface area (Å²) in [5.41, 5.74) is 0.341. The largest absolute Gasteiger partial charge is 0.508 e. The van der Waals surface area contributed by atoms with Gasteiger partial charge < -0.3 is 5.11 Å². The van der Waals surface area contributed by atoms with Crippen LogP contribution in [0.4, 0.5) is 10.1 Å². The number of anilines is 1. The third kappa shape index (κ3) is 3.19. The summed E-state index contributed by atoms with van der Waals surface area (Å²) >= 11 is 3.07. The van der Waals surface area contributed by atoms with Crippen LogP contribution in [0.25, 0.3) is 0 Å². The molecule has 2 rings (SSSR count). The summed E-state index contributed by atoms with van der Waals surface area (Å²) in [4.78, 5) is -0.0332. The molecule has 0 saturated heterocycles. The molecule has 2 aromatic rings. The molecule has 0 aliphatic heterocycles. The van der Waals surface area contributed by atoms with Gasteiger partial charge in [-0.15, -0.1) is 0 Å². The molecule has 0 fully saturated rings. The highest BCUT2D eigenvalue weighted by molar-refractivity contribution is 9.10. The van der Waals surface area contributed by atoms with Crippen molar-refractivity contribution < 1.29 is 17.9 Å². The highest BCUT2D eigenvalue weighted by Gasteiger charge is 2.26. The molecule has 21 heavy (non-hydrogen) atoms. The number of hydrogen-bond acceptors (Lipinski definition) is 3. The number of sulfonamides is 1. The van der Waals surface area contributed by atoms with Gasteiger partial charge in [0.15, 0.2) is 0 Å². The quantitative estimate of drug-likeness (QED) is 0.891. The van der Waals surface area contributed by atoms with E-state index in [1.165, 1.54) is 18.2 Å². The molecule has 0 radical (unpaired) electrons. The number of rotatable bonds is 4. The normalized spacial score (nSPS) is 11.4. The fourth-order valence-electron chi connectivity index (χ4n) is 1.94. The molecule has 0 bridgehead atoms. The molecule has 0 saturated carbocycles. The topological polar surface area (TPSA) is 57.6 Å². The molecule has 0 amide bonds. The second-order valence-corrected chi connectivity index (χ2v) is 6.95. The molecule has 0 heterocycles. The third-order valence-electron chi connectivity index (χ3n) is 2.87. The molecule has 4 nitrogen and oxygen atoms in total. The average molecular weight is 374 g/mol. The fourth-order valence-corrected chi connectivity index (χ4v) is 4.42. The fraction of sp³-hybridized carbons (Fsp3) is 0.143. The molecule has 0 aliphatic rings. The first-order chi connectivity index (χ1) is 9.86. The molecule has 0 spiro atoms. The number of phenols is 1. The number of benzene rings is 2. The van der Waals surface area contributed by atoms with Gasteiger partial charge in [-0.05, 0) is 53.2 Å². The second kappa shape index (κ2) is 6.03. The molecule has 0 aromatic heterocycles. The Balaban J connectivity index is 2.54. The van der Waals surface area contributed by atoms with Crippen molar-refractivity contribution in [1.29, 1.82) is 0 Å². The van der Waals surface area contributed by atoms with Crippen LogP contribution in [0.1, 0.15) is 6.92 Å². The van der Waals surface area contributed by atoms with Crippen molar-refractivity contribution in [3.8, 4) is 5.75 Å². The Morgan fingerprint density at radius 2 is 1.95 bits per heavy atom. The summed E-state index contributed by atoms with van der Waals surface area (Å²) in [6, 6.07) is 9.36. The summed E-state index contributed by atoms with van der Waals surface area (Å²) in [7, 11) is -3.86. The van der Waals surface area contributed by atoms with Gasteiger partial charge in [0.25, 0.3) is 10.0 Å². The predicted molar refractivity (Wildman–Crippen MR) is 82.4 cm³/mol. The Morgan fingerprint density at radius 3 is 2.52 bits per heavy atom. The maximum Gasteiger partial charge on any atom is 0.265 e. The monoisotopic (exact) mass is 373 g/mol. The molecule has 2 aromatic carbocycles. The van der Waals surface area contributed by atoms with Crippen molar-refractivity contribution >= 4 is 31.6 Å². The van der Waals surface area contributed by atoms with E-state index in [0.717, 1.165) is 16.4 Å². The minimum absolute atomic E-state index is 0.0284. The molecule has 112 valence electrons. The smallest absolute Gasteiger partial charge is 0.265 e. The van der Waals surface area contributed by atoms with Crippen LogP contribution in [0.3, 0.4) is 0 Å². The van der Waals surface area contributed by atoms with Crippen LogP contribution in [0.2, 0.25) is 0 Å². The van der Waals surface area contributed by atoms with Gasteiger partial charge in [-0.3, -0.25) is 4.31 Å². The van der Waals surface area contributed by atoms with Crippen molar-refractivity contribution in [1.82, 2.24) is 0 Å². The van der Waals surface area contributed by atoms with Gasteiger partial charge in [0, 0.05) is 17.1 Å². The molecule has 7 heteroatoms. The van der Waals surface area contributed by atoms with Gasteiger partial charge in [0.1, 0.15) is 16.5 Å². The van der Waals surface area contributed by atoms with Gasteiger partial charge >= 0.3 is 0 Å². The highest BCUT2D eigenvalue weighted by Crippen LogP contribution is 2.30. The van der Waals surface area contributed by atoms with E-state index in [2.05, 4.69) is 15.9 Å². The van der Waals surface area contributed by atoms with Crippen molar-refractivity contribution in [3.05, 3.63) is 52.8 Å². The van der Waals surface area contributed by atoms with Crippen LogP contribution < -0.4 is 4.31 Å².